The van der Waals surface area contributed by atoms with Gasteiger partial charge in [-0.25, -0.2) is 13.1 Å². The zero-order chi connectivity index (χ0) is 8.77. The number of sulfonamides is 1. The van der Waals surface area contributed by atoms with Crippen molar-refractivity contribution >= 4 is 26.0 Å². The third-order valence-corrected chi connectivity index (χ3v) is 5.52. The van der Waals surface area contributed by atoms with E-state index in [1.165, 1.54) is 6.42 Å². The molecule has 2 atom stereocenters. The van der Waals surface area contributed by atoms with Gasteiger partial charge in [-0.1, -0.05) is 15.9 Å². The fraction of sp³-hybridized carbons (Fsp3) is 1.00. The number of rotatable bonds is 3. The van der Waals surface area contributed by atoms with E-state index in [2.05, 4.69) is 20.7 Å². The van der Waals surface area contributed by atoms with Crippen LogP contribution in [0.2, 0.25) is 0 Å². The lowest BCUT2D eigenvalue weighted by Gasteiger charge is -2.12. The van der Waals surface area contributed by atoms with Gasteiger partial charge in [-0.2, -0.15) is 0 Å². The Bertz CT molecular complexity index is 267. The molecule has 2 aliphatic carbocycles. The maximum Gasteiger partial charge on any atom is 0.221 e. The highest BCUT2D eigenvalue weighted by molar-refractivity contribution is 9.10. The van der Waals surface area contributed by atoms with E-state index in [9.17, 15) is 8.42 Å². The lowest BCUT2D eigenvalue weighted by molar-refractivity contribution is 0.530. The predicted octanol–water partition coefficient (Wildman–Crippen LogP) is 1.06. The molecule has 2 unspecified atom stereocenters. The normalized spacial score (nSPS) is 39.6. The molecule has 0 heterocycles. The van der Waals surface area contributed by atoms with Crippen LogP contribution in [-0.2, 0) is 10.0 Å². The van der Waals surface area contributed by atoms with Gasteiger partial charge in [0.05, 0.1) is 0 Å². The Morgan fingerprint density at radius 2 is 1.83 bits per heavy atom. The zero-order valence-electron chi connectivity index (χ0n) is 6.66. The highest BCUT2D eigenvalue weighted by Gasteiger charge is 2.46. The highest BCUT2D eigenvalue weighted by atomic mass is 79.9. The molecule has 0 amide bonds. The summed E-state index contributed by atoms with van der Waals surface area (Å²) in [4.78, 5) is 0. The van der Waals surface area contributed by atoms with Crippen LogP contribution in [0.15, 0.2) is 0 Å². The van der Waals surface area contributed by atoms with Crippen LogP contribution in [0.3, 0.4) is 0 Å². The van der Waals surface area contributed by atoms with E-state index in [0.717, 1.165) is 24.7 Å². The molecule has 0 aromatic rings. The van der Waals surface area contributed by atoms with Crippen molar-refractivity contribution in [1.29, 1.82) is 0 Å². The van der Waals surface area contributed by atoms with Gasteiger partial charge in [-0.05, 0) is 31.1 Å². The molecule has 0 radical (unpaired) electrons. The van der Waals surface area contributed by atoms with Crippen LogP contribution in [0.4, 0.5) is 0 Å². The molecule has 5 heteroatoms. The standard InChI is InChI=1S/C7H12BrNO2S/c8-4-12(10,11)9-7-2-5-1-6(5)3-7/h5-7,9H,1-4H2. The Labute approximate surface area is 81.1 Å². The second kappa shape index (κ2) is 2.96. The molecule has 0 aromatic heterocycles. The summed E-state index contributed by atoms with van der Waals surface area (Å²) in [5.74, 6) is 1.65. The average molecular weight is 254 g/mol. The van der Waals surface area contributed by atoms with Gasteiger partial charge in [-0.15, -0.1) is 0 Å². The molecule has 2 rings (SSSR count). The first-order valence-corrected chi connectivity index (χ1v) is 6.94. The maximum atomic E-state index is 11.1. The number of halogens is 1. The fourth-order valence-electron chi connectivity index (χ4n) is 2.10. The van der Waals surface area contributed by atoms with Gasteiger partial charge in [0, 0.05) is 6.04 Å². The van der Waals surface area contributed by atoms with Crippen LogP contribution in [-0.4, -0.2) is 19.1 Å². The Morgan fingerprint density at radius 1 is 1.25 bits per heavy atom. The van der Waals surface area contributed by atoms with Crippen molar-refractivity contribution in [3.05, 3.63) is 0 Å². The first kappa shape index (κ1) is 8.97. The van der Waals surface area contributed by atoms with E-state index in [4.69, 9.17) is 0 Å². The molecule has 0 bridgehead atoms. The van der Waals surface area contributed by atoms with Crippen molar-refractivity contribution in [2.45, 2.75) is 25.3 Å². The number of fused-ring (bicyclic) bond motifs is 1. The van der Waals surface area contributed by atoms with Crippen LogP contribution in [0.5, 0.6) is 0 Å². The quantitative estimate of drug-likeness (QED) is 0.765. The second-order valence-corrected chi connectivity index (χ2v) is 6.82. The Kier molecular flexibility index (Phi) is 2.21. The largest absolute Gasteiger partial charge is 0.221 e. The SMILES string of the molecule is O=S(=O)(CBr)NC1CC2CC2C1. The van der Waals surface area contributed by atoms with Gasteiger partial charge in [0.2, 0.25) is 10.0 Å². The summed E-state index contributed by atoms with van der Waals surface area (Å²) >= 11 is 2.95. The molecule has 3 nitrogen and oxygen atoms in total. The lowest BCUT2D eigenvalue weighted by atomic mass is 10.2. The van der Waals surface area contributed by atoms with E-state index in [1.807, 2.05) is 0 Å². The van der Waals surface area contributed by atoms with Crippen molar-refractivity contribution < 1.29 is 8.42 Å². The van der Waals surface area contributed by atoms with E-state index < -0.39 is 10.0 Å². The molecule has 1 N–H and O–H groups in total. The van der Waals surface area contributed by atoms with Gasteiger partial charge in [-0.3, -0.25) is 0 Å². The van der Waals surface area contributed by atoms with Gasteiger partial charge >= 0.3 is 0 Å². The van der Waals surface area contributed by atoms with E-state index in [1.54, 1.807) is 0 Å². The van der Waals surface area contributed by atoms with Crippen molar-refractivity contribution in [1.82, 2.24) is 4.72 Å². The summed E-state index contributed by atoms with van der Waals surface area (Å²) < 4.78 is 24.9. The first-order valence-electron chi connectivity index (χ1n) is 4.16. The van der Waals surface area contributed by atoms with Gasteiger partial charge in [0.15, 0.2) is 0 Å². The fourth-order valence-corrected chi connectivity index (χ4v) is 3.26. The Hall–Kier alpha value is 0.390. The maximum absolute atomic E-state index is 11.1. The third-order valence-electron chi connectivity index (χ3n) is 2.73. The monoisotopic (exact) mass is 253 g/mol. The summed E-state index contributed by atoms with van der Waals surface area (Å²) in [5.41, 5.74) is 0. The van der Waals surface area contributed by atoms with Crippen LogP contribution < -0.4 is 4.72 Å². The van der Waals surface area contributed by atoms with E-state index >= 15 is 0 Å². The summed E-state index contributed by atoms with van der Waals surface area (Å²) in [7, 11) is -3.04. The van der Waals surface area contributed by atoms with E-state index in [-0.39, 0.29) is 10.7 Å². The molecular weight excluding hydrogens is 242 g/mol. The highest BCUT2D eigenvalue weighted by Crippen LogP contribution is 2.51. The zero-order valence-corrected chi connectivity index (χ0v) is 9.07. The summed E-state index contributed by atoms with van der Waals surface area (Å²) in [5, 5.41) is 0. The van der Waals surface area contributed by atoms with Crippen LogP contribution in [0, 0.1) is 11.8 Å². The minimum atomic E-state index is -3.04. The second-order valence-electron chi connectivity index (χ2n) is 3.77. The molecule has 0 saturated heterocycles. The predicted molar refractivity (Wildman–Crippen MR) is 50.5 cm³/mol. The molecule has 0 aromatic carbocycles. The van der Waals surface area contributed by atoms with Crippen molar-refractivity contribution in [3.8, 4) is 0 Å². The molecule has 12 heavy (non-hydrogen) atoms. The van der Waals surface area contributed by atoms with Crippen molar-refractivity contribution in [2.24, 2.45) is 11.8 Å². The first-order chi connectivity index (χ1) is 5.61. The molecule has 2 fully saturated rings. The summed E-state index contributed by atoms with van der Waals surface area (Å²) in [6.07, 6.45) is 3.43. The number of nitrogens with one attached hydrogen (secondary N) is 1. The molecule has 2 saturated carbocycles. The Morgan fingerprint density at radius 3 is 2.33 bits per heavy atom. The van der Waals surface area contributed by atoms with Gasteiger partial charge in [0.25, 0.3) is 0 Å². The number of hydrogen-bond acceptors (Lipinski definition) is 2. The molecular formula is C7H12BrNO2S. The average Bonchev–Trinajstić information content (AvgIpc) is 2.59. The number of alkyl halides is 1. The van der Waals surface area contributed by atoms with Gasteiger partial charge in [0.1, 0.15) is 4.66 Å². The lowest BCUT2D eigenvalue weighted by Crippen LogP contribution is -2.34. The summed E-state index contributed by atoms with van der Waals surface area (Å²) in [6, 6.07) is 0.219. The van der Waals surface area contributed by atoms with Crippen molar-refractivity contribution in [3.63, 3.8) is 0 Å². The molecule has 0 spiro atoms. The minimum Gasteiger partial charge on any atom is -0.212 e. The van der Waals surface area contributed by atoms with Gasteiger partial charge < -0.3 is 0 Å². The van der Waals surface area contributed by atoms with Crippen LogP contribution in [0.1, 0.15) is 19.3 Å². The smallest absolute Gasteiger partial charge is 0.212 e. The topological polar surface area (TPSA) is 46.2 Å². The van der Waals surface area contributed by atoms with E-state index in [0.29, 0.717) is 0 Å². The van der Waals surface area contributed by atoms with Crippen LogP contribution in [0.25, 0.3) is 0 Å². The number of hydrogen-bond donors (Lipinski definition) is 1. The van der Waals surface area contributed by atoms with Crippen molar-refractivity contribution in [2.75, 3.05) is 4.66 Å². The summed E-state index contributed by atoms with van der Waals surface area (Å²) in [6.45, 7) is 0. The minimum absolute atomic E-state index is 0.0197. The van der Waals surface area contributed by atoms with Crippen LogP contribution >= 0.6 is 15.9 Å². The Balaban J connectivity index is 1.88. The third kappa shape index (κ3) is 1.83. The molecule has 2 aliphatic rings. The molecule has 70 valence electrons. The molecule has 0 aliphatic heterocycles.